The minimum absolute atomic E-state index is 0. The standard InChI is InChI=1S/C20H23N5OS.2ClH/c1-3-14-4-6-15(7-5-14)17-11-21-8-9-25(17)20(26)18-12-22-19(27-18)16-10-23-24(2)13-16;;/h4-7,10,12-13,17,21H,3,8-9,11H2,1-2H3;2*1H. The molecule has 1 aliphatic rings. The van der Waals surface area contributed by atoms with Crippen molar-refractivity contribution in [3.8, 4) is 10.6 Å². The number of amides is 1. The van der Waals surface area contributed by atoms with E-state index in [1.165, 1.54) is 22.5 Å². The molecule has 0 saturated carbocycles. The zero-order valence-corrected chi connectivity index (χ0v) is 18.8. The molecule has 1 unspecified atom stereocenters. The molecule has 1 saturated heterocycles. The van der Waals surface area contributed by atoms with Crippen LogP contribution in [-0.2, 0) is 13.5 Å². The molecular weight excluding hydrogens is 429 g/mol. The lowest BCUT2D eigenvalue weighted by Gasteiger charge is -2.36. The Balaban J connectivity index is 0.00000150. The van der Waals surface area contributed by atoms with Crippen molar-refractivity contribution in [2.24, 2.45) is 7.05 Å². The fraction of sp³-hybridized carbons (Fsp3) is 0.350. The summed E-state index contributed by atoms with van der Waals surface area (Å²) < 4.78 is 1.74. The predicted molar refractivity (Wildman–Crippen MR) is 121 cm³/mol. The molecule has 4 rings (SSSR count). The van der Waals surface area contributed by atoms with Crippen molar-refractivity contribution in [1.29, 1.82) is 0 Å². The number of carbonyl (C=O) groups is 1. The zero-order valence-electron chi connectivity index (χ0n) is 16.4. The Morgan fingerprint density at radius 2 is 2.00 bits per heavy atom. The summed E-state index contributed by atoms with van der Waals surface area (Å²) in [6.45, 7) is 4.42. The van der Waals surface area contributed by atoms with E-state index in [9.17, 15) is 4.79 Å². The summed E-state index contributed by atoms with van der Waals surface area (Å²) in [6.07, 6.45) is 6.39. The maximum absolute atomic E-state index is 13.2. The van der Waals surface area contributed by atoms with Gasteiger partial charge in [0.1, 0.15) is 9.88 Å². The highest BCUT2D eigenvalue weighted by molar-refractivity contribution is 7.16. The van der Waals surface area contributed by atoms with Gasteiger partial charge < -0.3 is 10.2 Å². The SMILES string of the molecule is CCc1ccc(C2CNCCN2C(=O)c2cnc(-c3cnn(C)c3)s2)cc1.Cl.Cl. The molecular formula is C20H25Cl2N5OS. The number of piperazine rings is 1. The van der Waals surface area contributed by atoms with Crippen LogP contribution in [0.2, 0.25) is 0 Å². The van der Waals surface area contributed by atoms with Crippen molar-refractivity contribution in [3.05, 3.63) is 58.9 Å². The van der Waals surface area contributed by atoms with Crippen LogP contribution in [0, 0.1) is 0 Å². The van der Waals surface area contributed by atoms with Crippen LogP contribution in [0.1, 0.15) is 33.8 Å². The number of thiazole rings is 1. The van der Waals surface area contributed by atoms with Gasteiger partial charge in [0.2, 0.25) is 0 Å². The Bertz CT molecular complexity index is 941. The second-order valence-corrected chi connectivity index (χ2v) is 7.78. The van der Waals surface area contributed by atoms with Crippen LogP contribution in [0.4, 0.5) is 0 Å². The first-order chi connectivity index (χ1) is 13.2. The van der Waals surface area contributed by atoms with E-state index in [2.05, 4.69) is 46.6 Å². The fourth-order valence-electron chi connectivity index (χ4n) is 3.40. The van der Waals surface area contributed by atoms with Crippen molar-refractivity contribution < 1.29 is 4.79 Å². The number of carbonyl (C=O) groups excluding carboxylic acids is 1. The summed E-state index contributed by atoms with van der Waals surface area (Å²) in [5.41, 5.74) is 3.42. The normalized spacial score (nSPS) is 16.1. The summed E-state index contributed by atoms with van der Waals surface area (Å²) >= 11 is 1.43. The summed E-state index contributed by atoms with van der Waals surface area (Å²) in [7, 11) is 1.87. The third-order valence-corrected chi connectivity index (χ3v) is 5.98. The summed E-state index contributed by atoms with van der Waals surface area (Å²) in [4.78, 5) is 20.3. The van der Waals surface area contributed by atoms with E-state index in [0.717, 1.165) is 30.1 Å². The number of halogens is 2. The number of aromatic nitrogens is 3. The number of aryl methyl sites for hydroxylation is 2. The number of nitrogens with one attached hydrogen (secondary N) is 1. The molecule has 0 radical (unpaired) electrons. The van der Waals surface area contributed by atoms with Crippen molar-refractivity contribution in [3.63, 3.8) is 0 Å². The Kier molecular flexibility index (Phi) is 8.22. The van der Waals surface area contributed by atoms with Crippen LogP contribution in [0.25, 0.3) is 10.6 Å². The quantitative estimate of drug-likeness (QED) is 0.653. The number of hydrogen-bond acceptors (Lipinski definition) is 5. The highest BCUT2D eigenvalue weighted by Crippen LogP contribution is 2.29. The number of hydrogen-bond donors (Lipinski definition) is 1. The molecule has 1 amide bonds. The molecule has 1 N–H and O–H groups in total. The highest BCUT2D eigenvalue weighted by atomic mass is 35.5. The molecule has 0 bridgehead atoms. The van der Waals surface area contributed by atoms with Gasteiger partial charge in [0.05, 0.1) is 18.4 Å². The van der Waals surface area contributed by atoms with Crippen LogP contribution in [-0.4, -0.2) is 45.2 Å². The molecule has 2 aromatic heterocycles. The van der Waals surface area contributed by atoms with Crippen molar-refractivity contribution in [2.45, 2.75) is 19.4 Å². The van der Waals surface area contributed by atoms with E-state index in [1.807, 2.05) is 18.1 Å². The number of rotatable bonds is 4. The molecule has 9 heteroatoms. The van der Waals surface area contributed by atoms with E-state index in [0.29, 0.717) is 11.4 Å². The van der Waals surface area contributed by atoms with Crippen LogP contribution in [0.3, 0.4) is 0 Å². The van der Waals surface area contributed by atoms with Gasteiger partial charge >= 0.3 is 0 Å². The lowest BCUT2D eigenvalue weighted by Crippen LogP contribution is -2.48. The van der Waals surface area contributed by atoms with Gasteiger partial charge in [0.15, 0.2) is 0 Å². The molecule has 1 aromatic carbocycles. The predicted octanol–water partition coefficient (Wildman–Crippen LogP) is 3.74. The lowest BCUT2D eigenvalue weighted by atomic mass is 10.0. The average Bonchev–Trinajstić information content (AvgIpc) is 3.36. The largest absolute Gasteiger partial charge is 0.328 e. The van der Waals surface area contributed by atoms with Gasteiger partial charge in [-0.15, -0.1) is 36.2 Å². The van der Waals surface area contributed by atoms with Gasteiger partial charge in [-0.3, -0.25) is 9.48 Å². The molecule has 6 nitrogen and oxygen atoms in total. The molecule has 3 aromatic rings. The lowest BCUT2D eigenvalue weighted by molar-refractivity contribution is 0.0639. The Morgan fingerprint density at radius 3 is 2.66 bits per heavy atom. The fourth-order valence-corrected chi connectivity index (χ4v) is 4.25. The number of nitrogens with zero attached hydrogens (tertiary/aromatic N) is 4. The van der Waals surface area contributed by atoms with Gasteiger partial charge in [-0.2, -0.15) is 5.10 Å². The minimum atomic E-state index is 0. The Labute approximate surface area is 187 Å². The average molecular weight is 454 g/mol. The van der Waals surface area contributed by atoms with Gasteiger partial charge in [-0.25, -0.2) is 4.98 Å². The smallest absolute Gasteiger partial charge is 0.266 e. The van der Waals surface area contributed by atoms with Crippen LogP contribution >= 0.6 is 36.2 Å². The molecule has 1 aliphatic heterocycles. The zero-order chi connectivity index (χ0) is 18.8. The Morgan fingerprint density at radius 1 is 1.24 bits per heavy atom. The number of benzene rings is 1. The van der Waals surface area contributed by atoms with Crippen molar-refractivity contribution >= 4 is 42.1 Å². The maximum atomic E-state index is 13.2. The van der Waals surface area contributed by atoms with E-state index >= 15 is 0 Å². The first-order valence-corrected chi connectivity index (χ1v) is 10.0. The van der Waals surface area contributed by atoms with E-state index in [1.54, 1.807) is 17.1 Å². The summed E-state index contributed by atoms with van der Waals surface area (Å²) in [5.74, 6) is 0.0497. The third-order valence-electron chi connectivity index (χ3n) is 4.95. The van der Waals surface area contributed by atoms with E-state index in [-0.39, 0.29) is 36.8 Å². The molecule has 0 aliphatic carbocycles. The maximum Gasteiger partial charge on any atom is 0.266 e. The first kappa shape index (κ1) is 23.3. The summed E-state index contributed by atoms with van der Waals surface area (Å²) in [6, 6.07) is 8.63. The minimum Gasteiger partial charge on any atom is -0.328 e. The monoisotopic (exact) mass is 453 g/mol. The van der Waals surface area contributed by atoms with Gasteiger partial charge in [0, 0.05) is 38.4 Å². The van der Waals surface area contributed by atoms with E-state index in [4.69, 9.17) is 0 Å². The van der Waals surface area contributed by atoms with Gasteiger partial charge in [-0.05, 0) is 17.5 Å². The van der Waals surface area contributed by atoms with Crippen molar-refractivity contribution in [1.82, 2.24) is 25.0 Å². The second kappa shape index (κ2) is 10.2. The highest BCUT2D eigenvalue weighted by Gasteiger charge is 2.29. The first-order valence-electron chi connectivity index (χ1n) is 9.21. The molecule has 1 fully saturated rings. The molecule has 3 heterocycles. The second-order valence-electron chi connectivity index (χ2n) is 6.75. The van der Waals surface area contributed by atoms with Crippen LogP contribution in [0.15, 0.2) is 42.9 Å². The van der Waals surface area contributed by atoms with E-state index < -0.39 is 0 Å². The molecule has 0 spiro atoms. The van der Waals surface area contributed by atoms with Crippen molar-refractivity contribution in [2.75, 3.05) is 19.6 Å². The third kappa shape index (κ3) is 4.98. The van der Waals surface area contributed by atoms with Gasteiger partial charge in [0.25, 0.3) is 5.91 Å². The van der Waals surface area contributed by atoms with Crippen LogP contribution < -0.4 is 5.32 Å². The molecule has 156 valence electrons. The molecule has 1 atom stereocenters. The topological polar surface area (TPSA) is 63.1 Å². The Hall–Kier alpha value is -1.93. The van der Waals surface area contributed by atoms with Gasteiger partial charge in [-0.1, -0.05) is 31.2 Å². The van der Waals surface area contributed by atoms with Crippen LogP contribution in [0.5, 0.6) is 0 Å². The summed E-state index contributed by atoms with van der Waals surface area (Å²) in [5, 5.41) is 8.42. The molecule has 29 heavy (non-hydrogen) atoms.